The maximum absolute atomic E-state index is 13.6. The predicted molar refractivity (Wildman–Crippen MR) is 84.3 cm³/mol. The van der Waals surface area contributed by atoms with Crippen LogP contribution in [0.3, 0.4) is 0 Å². The Hall–Kier alpha value is -1.60. The number of nitrogens with two attached hydrogens (primary N) is 1. The molecule has 0 aliphatic carbocycles. The molecule has 21 heavy (non-hydrogen) atoms. The largest absolute Gasteiger partial charge is 0.396 e. The second kappa shape index (κ2) is 6.91. The lowest BCUT2D eigenvalue weighted by Crippen LogP contribution is -2.15. The summed E-state index contributed by atoms with van der Waals surface area (Å²) in [6, 6.07) is 8.66. The highest BCUT2D eigenvalue weighted by Gasteiger charge is 2.09. The van der Waals surface area contributed by atoms with Crippen molar-refractivity contribution in [2.45, 2.75) is 4.90 Å². The SMILES string of the molecule is Nc1ccc(SCC(=O)Nc2ccc(Br)cc2F)cc1F. The van der Waals surface area contributed by atoms with Crippen molar-refractivity contribution < 1.29 is 13.6 Å². The Morgan fingerprint density at radius 2 is 1.95 bits per heavy atom. The fourth-order valence-corrected chi connectivity index (χ4v) is 2.58. The van der Waals surface area contributed by atoms with Crippen molar-refractivity contribution in [2.24, 2.45) is 0 Å². The van der Waals surface area contributed by atoms with Gasteiger partial charge < -0.3 is 11.1 Å². The second-order valence-electron chi connectivity index (χ2n) is 4.14. The first-order chi connectivity index (χ1) is 9.95. The average molecular weight is 373 g/mol. The van der Waals surface area contributed by atoms with Crippen molar-refractivity contribution in [3.05, 3.63) is 52.5 Å². The minimum absolute atomic E-state index is 0.0405. The smallest absolute Gasteiger partial charge is 0.234 e. The van der Waals surface area contributed by atoms with Crippen molar-refractivity contribution in [1.29, 1.82) is 0 Å². The predicted octanol–water partition coefficient (Wildman–Crippen LogP) is 4.04. The molecule has 0 saturated carbocycles. The van der Waals surface area contributed by atoms with Gasteiger partial charge in [-0.25, -0.2) is 8.78 Å². The highest BCUT2D eigenvalue weighted by molar-refractivity contribution is 9.10. The first-order valence-corrected chi connectivity index (χ1v) is 7.66. The Balaban J connectivity index is 1.94. The number of carbonyl (C=O) groups is 1. The van der Waals surface area contributed by atoms with Gasteiger partial charge in [-0.05, 0) is 36.4 Å². The van der Waals surface area contributed by atoms with Crippen molar-refractivity contribution in [2.75, 3.05) is 16.8 Å². The van der Waals surface area contributed by atoms with Crippen LogP contribution in [-0.2, 0) is 4.79 Å². The molecule has 0 atom stereocenters. The van der Waals surface area contributed by atoms with Crippen LogP contribution in [0.25, 0.3) is 0 Å². The van der Waals surface area contributed by atoms with Crippen molar-refractivity contribution in [3.8, 4) is 0 Å². The quantitative estimate of drug-likeness (QED) is 0.628. The van der Waals surface area contributed by atoms with Gasteiger partial charge in [0.15, 0.2) is 0 Å². The van der Waals surface area contributed by atoms with Crippen LogP contribution in [0.2, 0.25) is 0 Å². The van der Waals surface area contributed by atoms with E-state index in [1.165, 1.54) is 24.3 Å². The molecule has 0 spiro atoms. The van der Waals surface area contributed by atoms with Gasteiger partial charge >= 0.3 is 0 Å². The van der Waals surface area contributed by atoms with Gasteiger partial charge in [-0.2, -0.15) is 0 Å². The number of halogens is 3. The number of hydrogen-bond acceptors (Lipinski definition) is 3. The van der Waals surface area contributed by atoms with Crippen LogP contribution in [0.1, 0.15) is 0 Å². The van der Waals surface area contributed by atoms with E-state index >= 15 is 0 Å². The molecule has 3 nitrogen and oxygen atoms in total. The highest BCUT2D eigenvalue weighted by atomic mass is 79.9. The first kappa shape index (κ1) is 15.8. The molecule has 0 bridgehead atoms. The molecule has 0 radical (unpaired) electrons. The molecular formula is C14H11BrF2N2OS. The van der Waals surface area contributed by atoms with E-state index in [-0.39, 0.29) is 23.0 Å². The van der Waals surface area contributed by atoms with Crippen molar-refractivity contribution >= 4 is 45.0 Å². The Kier molecular flexibility index (Phi) is 5.19. The van der Waals surface area contributed by atoms with Crippen molar-refractivity contribution in [3.63, 3.8) is 0 Å². The summed E-state index contributed by atoms with van der Waals surface area (Å²) in [4.78, 5) is 12.3. The average Bonchev–Trinajstić information content (AvgIpc) is 2.43. The van der Waals surface area contributed by atoms with Crippen LogP contribution >= 0.6 is 27.7 Å². The molecule has 3 N–H and O–H groups in total. The normalized spacial score (nSPS) is 10.4. The topological polar surface area (TPSA) is 55.1 Å². The molecule has 0 saturated heterocycles. The zero-order valence-corrected chi connectivity index (χ0v) is 13.1. The van der Waals surface area contributed by atoms with Gasteiger partial charge in [-0.3, -0.25) is 4.79 Å². The number of rotatable bonds is 4. The summed E-state index contributed by atoms with van der Waals surface area (Å²) in [6.45, 7) is 0. The molecular weight excluding hydrogens is 362 g/mol. The van der Waals surface area contributed by atoms with E-state index < -0.39 is 11.6 Å². The number of thioether (sulfide) groups is 1. The number of nitrogens with one attached hydrogen (secondary N) is 1. The van der Waals surface area contributed by atoms with Crippen LogP contribution in [0.5, 0.6) is 0 Å². The maximum Gasteiger partial charge on any atom is 0.234 e. The number of amides is 1. The number of benzene rings is 2. The van der Waals surface area contributed by atoms with Gasteiger partial charge in [0.25, 0.3) is 0 Å². The van der Waals surface area contributed by atoms with Crippen molar-refractivity contribution in [1.82, 2.24) is 0 Å². The molecule has 0 aliphatic heterocycles. The molecule has 0 heterocycles. The number of nitrogen functional groups attached to an aromatic ring is 1. The highest BCUT2D eigenvalue weighted by Crippen LogP contribution is 2.23. The van der Waals surface area contributed by atoms with E-state index in [9.17, 15) is 13.6 Å². The van der Waals surface area contributed by atoms with Gasteiger partial charge in [-0.1, -0.05) is 15.9 Å². The lowest BCUT2D eigenvalue weighted by Gasteiger charge is -2.07. The summed E-state index contributed by atoms with van der Waals surface area (Å²) in [5.74, 6) is -1.39. The summed E-state index contributed by atoms with van der Waals surface area (Å²) in [5, 5.41) is 2.46. The van der Waals surface area contributed by atoms with Crippen LogP contribution in [-0.4, -0.2) is 11.7 Å². The number of anilines is 2. The van der Waals surface area contributed by atoms with Gasteiger partial charge in [0.1, 0.15) is 11.6 Å². The standard InChI is InChI=1S/C14H11BrF2N2OS/c15-8-1-4-13(11(17)5-8)19-14(20)7-21-9-2-3-12(18)10(16)6-9/h1-6H,7,18H2,(H,19,20). The molecule has 2 aromatic rings. The van der Waals surface area contributed by atoms with Gasteiger partial charge in [0.05, 0.1) is 17.1 Å². The van der Waals surface area contributed by atoms with Gasteiger partial charge in [-0.15, -0.1) is 11.8 Å². The van der Waals surface area contributed by atoms with Crippen LogP contribution in [0.15, 0.2) is 45.8 Å². The zero-order chi connectivity index (χ0) is 15.4. The minimum Gasteiger partial charge on any atom is -0.396 e. The Bertz CT molecular complexity index is 682. The molecule has 0 aliphatic rings. The summed E-state index contributed by atoms with van der Waals surface area (Å²) in [5.41, 5.74) is 5.53. The van der Waals surface area contributed by atoms with E-state index in [2.05, 4.69) is 21.2 Å². The molecule has 0 aromatic heterocycles. The van der Waals surface area contributed by atoms with Crippen LogP contribution in [0, 0.1) is 11.6 Å². The van der Waals surface area contributed by atoms with Crippen LogP contribution in [0.4, 0.5) is 20.2 Å². The zero-order valence-electron chi connectivity index (χ0n) is 10.7. The third kappa shape index (κ3) is 4.44. The second-order valence-corrected chi connectivity index (χ2v) is 6.11. The molecule has 1 amide bonds. The minimum atomic E-state index is -0.528. The fourth-order valence-electron chi connectivity index (χ4n) is 1.52. The maximum atomic E-state index is 13.6. The number of hydrogen-bond donors (Lipinski definition) is 2. The third-order valence-corrected chi connectivity index (χ3v) is 4.03. The van der Waals surface area contributed by atoms with E-state index in [4.69, 9.17) is 5.73 Å². The number of carbonyl (C=O) groups excluding carboxylic acids is 1. The van der Waals surface area contributed by atoms with Gasteiger partial charge in [0, 0.05) is 9.37 Å². The monoisotopic (exact) mass is 372 g/mol. The molecule has 110 valence electrons. The summed E-state index contributed by atoms with van der Waals surface area (Å²) >= 11 is 4.27. The molecule has 0 unspecified atom stereocenters. The lowest BCUT2D eigenvalue weighted by atomic mass is 10.3. The Morgan fingerprint density at radius 3 is 2.62 bits per heavy atom. The van der Waals surface area contributed by atoms with E-state index in [1.54, 1.807) is 12.1 Å². The van der Waals surface area contributed by atoms with E-state index in [0.717, 1.165) is 11.8 Å². The summed E-state index contributed by atoms with van der Waals surface area (Å²) < 4.78 is 27.4. The Morgan fingerprint density at radius 1 is 1.19 bits per heavy atom. The molecule has 0 fully saturated rings. The van der Waals surface area contributed by atoms with E-state index in [1.807, 2.05) is 0 Å². The lowest BCUT2D eigenvalue weighted by molar-refractivity contribution is -0.113. The molecule has 2 aromatic carbocycles. The Labute approximate surface area is 133 Å². The summed E-state index contributed by atoms with van der Waals surface area (Å²) in [7, 11) is 0. The third-order valence-electron chi connectivity index (χ3n) is 2.55. The van der Waals surface area contributed by atoms with E-state index in [0.29, 0.717) is 9.37 Å². The fraction of sp³-hybridized carbons (Fsp3) is 0.0714. The first-order valence-electron chi connectivity index (χ1n) is 5.88. The molecule has 2 rings (SSSR count). The summed E-state index contributed by atoms with van der Waals surface area (Å²) in [6.07, 6.45) is 0. The molecule has 7 heteroatoms. The van der Waals surface area contributed by atoms with Crippen LogP contribution < -0.4 is 11.1 Å². The van der Waals surface area contributed by atoms with Gasteiger partial charge in [0.2, 0.25) is 5.91 Å².